The molecular formula is C14H19NO3. The maximum Gasteiger partial charge on any atom is 0.341 e. The van der Waals surface area contributed by atoms with Gasteiger partial charge in [-0.2, -0.15) is 0 Å². The number of pyridine rings is 1. The van der Waals surface area contributed by atoms with Gasteiger partial charge in [0.05, 0.1) is 0 Å². The monoisotopic (exact) mass is 249 g/mol. The molecule has 0 atom stereocenters. The van der Waals surface area contributed by atoms with E-state index in [-0.39, 0.29) is 11.1 Å². The van der Waals surface area contributed by atoms with Crippen LogP contribution in [0.3, 0.4) is 0 Å². The number of carboxylic acids is 1. The number of aromatic carboxylic acids is 1. The second kappa shape index (κ2) is 5.38. The molecule has 1 heterocycles. The number of carbonyl (C=O) groups is 1. The van der Waals surface area contributed by atoms with Crippen LogP contribution in [0.5, 0.6) is 0 Å². The largest absolute Gasteiger partial charge is 0.477 e. The third-order valence-electron chi connectivity index (χ3n) is 3.57. The number of carboxylic acid groups (broad SMARTS) is 1. The van der Waals surface area contributed by atoms with E-state index >= 15 is 0 Å². The molecule has 4 nitrogen and oxygen atoms in total. The van der Waals surface area contributed by atoms with E-state index in [4.69, 9.17) is 0 Å². The molecule has 1 aliphatic rings. The van der Waals surface area contributed by atoms with Crippen LogP contribution < -0.4 is 5.56 Å². The van der Waals surface area contributed by atoms with E-state index in [0.29, 0.717) is 6.54 Å². The normalized spacial score (nSPS) is 14.3. The fourth-order valence-electron chi connectivity index (χ4n) is 2.59. The van der Waals surface area contributed by atoms with Crippen molar-refractivity contribution in [3.05, 3.63) is 33.2 Å². The van der Waals surface area contributed by atoms with Crippen molar-refractivity contribution in [3.8, 4) is 0 Å². The molecule has 0 spiro atoms. The molecule has 1 N–H and O–H groups in total. The molecule has 0 aromatic carbocycles. The third-order valence-corrected chi connectivity index (χ3v) is 3.57. The number of nitrogens with zero attached hydrogens (tertiary/aromatic N) is 1. The van der Waals surface area contributed by atoms with Crippen molar-refractivity contribution in [1.82, 2.24) is 4.57 Å². The zero-order valence-electron chi connectivity index (χ0n) is 10.7. The molecule has 0 unspecified atom stereocenters. The predicted molar refractivity (Wildman–Crippen MR) is 69.2 cm³/mol. The van der Waals surface area contributed by atoms with Crippen molar-refractivity contribution in [3.63, 3.8) is 0 Å². The van der Waals surface area contributed by atoms with Gasteiger partial charge in [0.15, 0.2) is 0 Å². The van der Waals surface area contributed by atoms with Crippen LogP contribution in [0.1, 0.15) is 54.1 Å². The van der Waals surface area contributed by atoms with Gasteiger partial charge in [0.1, 0.15) is 5.56 Å². The molecule has 0 saturated heterocycles. The molecule has 4 heteroatoms. The number of fused-ring (bicyclic) bond motifs is 1. The minimum Gasteiger partial charge on any atom is -0.477 e. The van der Waals surface area contributed by atoms with Crippen LogP contribution in [0.25, 0.3) is 0 Å². The van der Waals surface area contributed by atoms with Crippen LogP contribution in [0.4, 0.5) is 0 Å². The van der Waals surface area contributed by atoms with Gasteiger partial charge in [-0.3, -0.25) is 4.79 Å². The number of aromatic nitrogens is 1. The number of hydrogen-bond acceptors (Lipinski definition) is 2. The van der Waals surface area contributed by atoms with Gasteiger partial charge in [-0.25, -0.2) is 4.79 Å². The number of aryl methyl sites for hydroxylation is 2. The zero-order chi connectivity index (χ0) is 13.1. The Morgan fingerprint density at radius 2 is 2.11 bits per heavy atom. The van der Waals surface area contributed by atoms with Crippen molar-refractivity contribution in [1.29, 1.82) is 0 Å². The maximum absolute atomic E-state index is 12.2. The summed E-state index contributed by atoms with van der Waals surface area (Å²) in [6, 6.07) is 0. The summed E-state index contributed by atoms with van der Waals surface area (Å²) in [4.78, 5) is 23.5. The van der Waals surface area contributed by atoms with E-state index in [1.807, 2.05) is 6.20 Å². The topological polar surface area (TPSA) is 59.3 Å². The fraction of sp³-hybridized carbons (Fsp3) is 0.571. The molecule has 0 radical (unpaired) electrons. The van der Waals surface area contributed by atoms with E-state index in [1.165, 1.54) is 0 Å². The van der Waals surface area contributed by atoms with E-state index in [9.17, 15) is 14.7 Å². The Balaban J connectivity index is 2.54. The summed E-state index contributed by atoms with van der Waals surface area (Å²) in [7, 11) is 0. The summed E-state index contributed by atoms with van der Waals surface area (Å²) in [5.74, 6) is -1.08. The maximum atomic E-state index is 12.2. The SMILES string of the molecule is CCCCn1cc2c(c(C(=O)O)c1=O)CCCC2. The van der Waals surface area contributed by atoms with E-state index in [2.05, 4.69) is 6.92 Å². The zero-order valence-corrected chi connectivity index (χ0v) is 10.7. The van der Waals surface area contributed by atoms with Crippen LogP contribution in [0, 0.1) is 0 Å². The Morgan fingerprint density at radius 3 is 2.78 bits per heavy atom. The van der Waals surface area contributed by atoms with Gasteiger partial charge in [-0.05, 0) is 43.2 Å². The number of rotatable bonds is 4. The lowest BCUT2D eigenvalue weighted by atomic mass is 9.90. The molecule has 0 saturated carbocycles. The minimum atomic E-state index is -1.08. The molecule has 1 aromatic rings. The summed E-state index contributed by atoms with van der Waals surface area (Å²) in [6.45, 7) is 2.67. The molecular weight excluding hydrogens is 230 g/mol. The Labute approximate surface area is 106 Å². The molecule has 0 fully saturated rings. The van der Waals surface area contributed by atoms with Crippen molar-refractivity contribution in [2.45, 2.75) is 52.0 Å². The van der Waals surface area contributed by atoms with Gasteiger partial charge in [-0.15, -0.1) is 0 Å². The molecule has 0 aliphatic heterocycles. The molecule has 0 bridgehead atoms. The average Bonchev–Trinajstić information content (AvgIpc) is 2.35. The highest BCUT2D eigenvalue weighted by Gasteiger charge is 2.22. The van der Waals surface area contributed by atoms with Gasteiger partial charge in [-0.1, -0.05) is 13.3 Å². The Kier molecular flexibility index (Phi) is 3.84. The third kappa shape index (κ3) is 2.33. The standard InChI is InChI=1S/C14H19NO3/c1-2-3-8-15-9-10-6-4-5-7-11(10)12(13(15)16)14(17)18/h9H,2-8H2,1H3,(H,17,18). The summed E-state index contributed by atoms with van der Waals surface area (Å²) in [5.41, 5.74) is 1.49. The minimum absolute atomic E-state index is 0.00306. The van der Waals surface area contributed by atoms with E-state index < -0.39 is 5.97 Å². The van der Waals surface area contributed by atoms with Gasteiger partial charge < -0.3 is 9.67 Å². The first-order chi connectivity index (χ1) is 8.65. The average molecular weight is 249 g/mol. The second-order valence-electron chi connectivity index (χ2n) is 4.87. The predicted octanol–water partition coefficient (Wildman–Crippen LogP) is 2.23. The summed E-state index contributed by atoms with van der Waals surface area (Å²) >= 11 is 0. The Hall–Kier alpha value is -1.58. The smallest absolute Gasteiger partial charge is 0.341 e. The van der Waals surface area contributed by atoms with Crippen LogP contribution in [0.15, 0.2) is 11.0 Å². The van der Waals surface area contributed by atoms with Gasteiger partial charge in [0.25, 0.3) is 5.56 Å². The molecule has 98 valence electrons. The van der Waals surface area contributed by atoms with Crippen LogP contribution in [0.2, 0.25) is 0 Å². The van der Waals surface area contributed by atoms with Crippen molar-refractivity contribution >= 4 is 5.97 Å². The molecule has 1 aliphatic carbocycles. The van der Waals surface area contributed by atoms with Crippen molar-refractivity contribution in [2.24, 2.45) is 0 Å². The van der Waals surface area contributed by atoms with Crippen molar-refractivity contribution in [2.75, 3.05) is 0 Å². The number of unbranched alkanes of at least 4 members (excludes halogenated alkanes) is 1. The first kappa shape index (κ1) is 12.9. The molecule has 2 rings (SSSR count). The first-order valence-corrected chi connectivity index (χ1v) is 6.63. The second-order valence-corrected chi connectivity index (χ2v) is 4.87. The molecule has 0 amide bonds. The highest BCUT2D eigenvalue weighted by Crippen LogP contribution is 2.22. The first-order valence-electron chi connectivity index (χ1n) is 6.63. The van der Waals surface area contributed by atoms with E-state index in [0.717, 1.165) is 49.7 Å². The number of hydrogen-bond donors (Lipinski definition) is 1. The van der Waals surface area contributed by atoms with Crippen molar-refractivity contribution < 1.29 is 9.90 Å². The lowest BCUT2D eigenvalue weighted by Crippen LogP contribution is -2.30. The van der Waals surface area contributed by atoms with E-state index in [1.54, 1.807) is 4.57 Å². The van der Waals surface area contributed by atoms with Gasteiger partial charge >= 0.3 is 5.97 Å². The molecule has 18 heavy (non-hydrogen) atoms. The van der Waals surface area contributed by atoms with Gasteiger partial charge in [0, 0.05) is 12.7 Å². The summed E-state index contributed by atoms with van der Waals surface area (Å²) < 4.78 is 1.58. The highest BCUT2D eigenvalue weighted by molar-refractivity contribution is 5.89. The summed E-state index contributed by atoms with van der Waals surface area (Å²) in [6.07, 6.45) is 7.44. The van der Waals surface area contributed by atoms with Crippen LogP contribution in [-0.2, 0) is 19.4 Å². The Bertz CT molecular complexity index is 517. The molecule has 1 aromatic heterocycles. The van der Waals surface area contributed by atoms with Crippen LogP contribution >= 0.6 is 0 Å². The summed E-state index contributed by atoms with van der Waals surface area (Å²) in [5, 5.41) is 9.26. The quantitative estimate of drug-likeness (QED) is 0.890. The lowest BCUT2D eigenvalue weighted by Gasteiger charge is -2.19. The highest BCUT2D eigenvalue weighted by atomic mass is 16.4. The Morgan fingerprint density at radius 1 is 1.39 bits per heavy atom. The van der Waals surface area contributed by atoms with Crippen LogP contribution in [-0.4, -0.2) is 15.6 Å². The lowest BCUT2D eigenvalue weighted by molar-refractivity contribution is 0.0692. The van der Waals surface area contributed by atoms with Gasteiger partial charge in [0.2, 0.25) is 0 Å². The fourth-order valence-corrected chi connectivity index (χ4v) is 2.59.